The van der Waals surface area contributed by atoms with Crippen molar-refractivity contribution in [2.45, 2.75) is 104 Å². The topological polar surface area (TPSA) is 133 Å². The number of ether oxygens (including phenoxy) is 7. The number of methoxy groups -OCH3 is 1. The molecule has 2 fully saturated rings. The molecule has 0 N–H and O–H groups in total. The highest BCUT2D eigenvalue weighted by Crippen LogP contribution is 2.45. The second-order valence-corrected chi connectivity index (χ2v) is 11.5. The fourth-order valence-corrected chi connectivity index (χ4v) is 5.42. The lowest BCUT2D eigenvalue weighted by molar-refractivity contribution is -0.367. The van der Waals surface area contributed by atoms with Gasteiger partial charge in [-0.15, -0.1) is 0 Å². The van der Waals surface area contributed by atoms with Gasteiger partial charge in [-0.1, -0.05) is 31.5 Å². The minimum absolute atomic E-state index is 0.0651. The van der Waals surface area contributed by atoms with Crippen LogP contribution in [0.4, 0.5) is 0 Å². The van der Waals surface area contributed by atoms with Gasteiger partial charge < -0.3 is 33.2 Å². The van der Waals surface area contributed by atoms with Crippen molar-refractivity contribution in [1.29, 1.82) is 0 Å². The van der Waals surface area contributed by atoms with Gasteiger partial charge in [0.15, 0.2) is 12.2 Å². The number of hydrogen-bond donors (Lipinski definition) is 0. The number of rotatable bonds is 9. The van der Waals surface area contributed by atoms with E-state index in [2.05, 4.69) is 13.8 Å². The third-order valence-corrected chi connectivity index (χ3v) is 7.57. The lowest BCUT2D eigenvalue weighted by atomic mass is 9.76. The van der Waals surface area contributed by atoms with Gasteiger partial charge in [0.25, 0.3) is 0 Å². The molecule has 1 aromatic carbocycles. The van der Waals surface area contributed by atoms with E-state index >= 15 is 0 Å². The zero-order valence-electron chi connectivity index (χ0n) is 24.5. The summed E-state index contributed by atoms with van der Waals surface area (Å²) in [5, 5.41) is 0.343. The van der Waals surface area contributed by atoms with E-state index in [1.165, 1.54) is 14.0 Å². The van der Waals surface area contributed by atoms with Crippen molar-refractivity contribution in [3.05, 3.63) is 28.8 Å². The molecule has 1 aliphatic carbocycles. The van der Waals surface area contributed by atoms with Crippen LogP contribution >= 0.6 is 11.6 Å². The molecular weight excluding hydrogens is 560 g/mol. The molecule has 1 heterocycles. The monoisotopic (exact) mass is 598 g/mol. The molecule has 228 valence electrons. The van der Waals surface area contributed by atoms with Crippen molar-refractivity contribution in [3.8, 4) is 5.75 Å². The second kappa shape index (κ2) is 13.4. The summed E-state index contributed by atoms with van der Waals surface area (Å²) >= 11 is 6.53. The highest BCUT2D eigenvalue weighted by Gasteiger charge is 2.61. The molecule has 5 atom stereocenters. The minimum atomic E-state index is -1.93. The van der Waals surface area contributed by atoms with Crippen molar-refractivity contribution in [3.63, 3.8) is 0 Å². The molecular formula is C29H39ClO11. The van der Waals surface area contributed by atoms with Gasteiger partial charge in [-0.3, -0.25) is 19.2 Å². The van der Waals surface area contributed by atoms with Crippen LogP contribution in [-0.4, -0.2) is 68.1 Å². The van der Waals surface area contributed by atoms with E-state index in [1.807, 2.05) is 0 Å². The average Bonchev–Trinajstić information content (AvgIpc) is 2.87. The summed E-state index contributed by atoms with van der Waals surface area (Å²) in [7, 11) is 1.31. The molecule has 0 radical (unpaired) electrons. The maximum absolute atomic E-state index is 12.3. The van der Waals surface area contributed by atoms with Crippen LogP contribution < -0.4 is 4.74 Å². The molecule has 1 saturated heterocycles. The first kappa shape index (κ1) is 32.6. The van der Waals surface area contributed by atoms with Crippen molar-refractivity contribution < 1.29 is 52.3 Å². The predicted octanol–water partition coefficient (Wildman–Crippen LogP) is 4.24. The van der Waals surface area contributed by atoms with Crippen LogP contribution in [0.25, 0.3) is 0 Å². The van der Waals surface area contributed by atoms with Gasteiger partial charge in [0.1, 0.15) is 18.5 Å². The van der Waals surface area contributed by atoms with Gasteiger partial charge in [-0.2, -0.15) is 0 Å². The first-order valence-electron chi connectivity index (χ1n) is 13.5. The Balaban J connectivity index is 2.12. The fourth-order valence-electron chi connectivity index (χ4n) is 5.26. The Morgan fingerprint density at radius 3 is 2.02 bits per heavy atom. The van der Waals surface area contributed by atoms with Crippen LogP contribution in [-0.2, 0) is 53.4 Å². The SMILES string of the molecule is CO[C@@]1(c2ccc(Cl)c(OC3CCC(C)(C)CC3)c2)O[C@H](COC(C)=O)[C@@H](OC(C)=O)[C@H](OC(C)=O)[C@H]1OC(C)=O. The minimum Gasteiger partial charge on any atom is -0.489 e. The standard InChI is InChI=1S/C29H39ClO11/c1-16(31)36-15-24-25(37-17(2)32)26(38-18(3)33)27(39-19(4)34)29(35-7,41-24)20-8-9-22(30)23(14-20)40-21-10-12-28(5,6)13-11-21/h8-9,14,21,24-27H,10-13,15H2,1-7H3/t24-,25-,26+,27-,29+/m1/s1. The summed E-state index contributed by atoms with van der Waals surface area (Å²) in [5.41, 5.74) is 0.549. The number of hydrogen-bond acceptors (Lipinski definition) is 11. The van der Waals surface area contributed by atoms with E-state index in [9.17, 15) is 19.2 Å². The van der Waals surface area contributed by atoms with Crippen LogP contribution in [0.15, 0.2) is 18.2 Å². The Morgan fingerprint density at radius 2 is 1.49 bits per heavy atom. The summed E-state index contributed by atoms with van der Waals surface area (Å²) in [4.78, 5) is 48.4. The maximum Gasteiger partial charge on any atom is 0.303 e. The predicted molar refractivity (Wildman–Crippen MR) is 145 cm³/mol. The molecule has 0 bridgehead atoms. The molecule has 1 aliphatic heterocycles. The number of carbonyl (C=O) groups excluding carboxylic acids is 4. The third kappa shape index (κ3) is 8.11. The maximum atomic E-state index is 12.3. The molecule has 11 nitrogen and oxygen atoms in total. The average molecular weight is 599 g/mol. The van der Waals surface area contributed by atoms with Gasteiger partial charge in [0.2, 0.25) is 11.9 Å². The highest BCUT2D eigenvalue weighted by molar-refractivity contribution is 6.32. The third-order valence-electron chi connectivity index (χ3n) is 7.25. The lowest BCUT2D eigenvalue weighted by Gasteiger charge is -2.50. The molecule has 0 spiro atoms. The summed E-state index contributed by atoms with van der Waals surface area (Å²) in [6.45, 7) is 8.74. The van der Waals surface area contributed by atoms with Crippen molar-refractivity contribution >= 4 is 35.5 Å². The normalized spacial score (nSPS) is 27.8. The van der Waals surface area contributed by atoms with Crippen molar-refractivity contribution in [1.82, 2.24) is 0 Å². The van der Waals surface area contributed by atoms with E-state index in [0.29, 0.717) is 16.3 Å². The molecule has 0 unspecified atom stereocenters. The highest BCUT2D eigenvalue weighted by atomic mass is 35.5. The van der Waals surface area contributed by atoms with Crippen LogP contribution in [0.1, 0.15) is 72.8 Å². The van der Waals surface area contributed by atoms with Gasteiger partial charge in [-0.05, 0) is 43.2 Å². The smallest absolute Gasteiger partial charge is 0.303 e. The van der Waals surface area contributed by atoms with Crippen LogP contribution in [0.3, 0.4) is 0 Å². The quantitative estimate of drug-likeness (QED) is 0.298. The Hall–Kier alpha value is -2.89. The summed E-state index contributed by atoms with van der Waals surface area (Å²) in [5.74, 6) is -4.41. The van der Waals surface area contributed by atoms with Crippen LogP contribution in [0, 0.1) is 5.41 Å². The van der Waals surface area contributed by atoms with Crippen molar-refractivity contribution in [2.24, 2.45) is 5.41 Å². The zero-order chi connectivity index (χ0) is 30.5. The van der Waals surface area contributed by atoms with E-state index in [4.69, 9.17) is 44.8 Å². The zero-order valence-corrected chi connectivity index (χ0v) is 25.3. The fraction of sp³-hybridized carbons (Fsp3) is 0.655. The Bertz CT molecular complexity index is 1130. The molecule has 3 rings (SSSR count). The number of benzene rings is 1. The molecule has 0 aromatic heterocycles. The molecule has 2 aliphatic rings. The van der Waals surface area contributed by atoms with Gasteiger partial charge >= 0.3 is 23.9 Å². The summed E-state index contributed by atoms with van der Waals surface area (Å²) in [6.07, 6.45) is -1.77. The molecule has 1 saturated carbocycles. The van der Waals surface area contributed by atoms with E-state index in [-0.39, 0.29) is 11.5 Å². The number of esters is 4. The number of carbonyl (C=O) groups is 4. The Labute approximate surface area is 245 Å². The van der Waals surface area contributed by atoms with Gasteiger partial charge in [0, 0.05) is 40.4 Å². The van der Waals surface area contributed by atoms with Crippen LogP contribution in [0.2, 0.25) is 5.02 Å². The molecule has 1 aromatic rings. The Kier molecular flexibility index (Phi) is 10.7. The summed E-state index contributed by atoms with van der Waals surface area (Å²) in [6, 6.07) is 4.80. The number of halogens is 1. The first-order chi connectivity index (χ1) is 19.2. The lowest BCUT2D eigenvalue weighted by Crippen LogP contribution is -2.67. The second-order valence-electron chi connectivity index (χ2n) is 11.1. The van der Waals surface area contributed by atoms with Gasteiger partial charge in [0.05, 0.1) is 11.1 Å². The summed E-state index contributed by atoms with van der Waals surface area (Å²) < 4.78 is 40.5. The molecule has 12 heteroatoms. The van der Waals surface area contributed by atoms with Crippen LogP contribution in [0.5, 0.6) is 5.75 Å². The Morgan fingerprint density at radius 1 is 0.902 bits per heavy atom. The van der Waals surface area contributed by atoms with E-state index in [0.717, 1.165) is 46.5 Å². The molecule has 41 heavy (non-hydrogen) atoms. The van der Waals surface area contributed by atoms with E-state index < -0.39 is 60.7 Å². The van der Waals surface area contributed by atoms with E-state index in [1.54, 1.807) is 18.2 Å². The van der Waals surface area contributed by atoms with Gasteiger partial charge in [-0.25, -0.2) is 0 Å². The largest absolute Gasteiger partial charge is 0.489 e. The first-order valence-corrected chi connectivity index (χ1v) is 13.9. The molecule has 0 amide bonds. The van der Waals surface area contributed by atoms with Crippen molar-refractivity contribution in [2.75, 3.05) is 13.7 Å².